The molecule has 1 heterocycles. The molecule has 1 rings (SSSR count). The van der Waals surface area contributed by atoms with Gasteiger partial charge in [0.25, 0.3) is 0 Å². The third kappa shape index (κ3) is 2.65. The molecule has 60 valence electrons. The quantitative estimate of drug-likeness (QED) is 0.349. The van der Waals surface area contributed by atoms with Gasteiger partial charge in [-0.25, -0.2) is 0 Å². The number of rotatable bonds is 2. The molecule has 5 heteroatoms. The lowest BCUT2D eigenvalue weighted by molar-refractivity contribution is -0.605. The second-order valence-electron chi connectivity index (χ2n) is 2.02. The molecule has 0 aliphatic carbocycles. The Morgan fingerprint density at radius 3 is 2.91 bits per heavy atom. The Kier molecular flexibility index (Phi) is 2.56. The Balaban J connectivity index is 2.79. The van der Waals surface area contributed by atoms with Gasteiger partial charge in [-0.15, -0.1) is 0 Å². The zero-order valence-corrected chi connectivity index (χ0v) is 6.41. The average molecular weight is 172 g/mol. The first kappa shape index (κ1) is 8.16. The Bertz CT molecular complexity index is 276. The van der Waals surface area contributed by atoms with Crippen LogP contribution in [0.1, 0.15) is 5.56 Å². The largest absolute Gasteiger partial charge is 0.772 e. The minimum atomic E-state index is -2.13. The van der Waals surface area contributed by atoms with E-state index in [-0.39, 0.29) is 5.75 Å². The molecule has 11 heavy (non-hydrogen) atoms. The lowest BCUT2D eigenvalue weighted by Crippen LogP contribution is -2.24. The molecule has 0 radical (unpaired) electrons. The van der Waals surface area contributed by atoms with Crippen molar-refractivity contribution >= 4 is 11.1 Å². The first-order valence-corrected chi connectivity index (χ1v) is 4.16. The van der Waals surface area contributed by atoms with Crippen LogP contribution in [0.3, 0.4) is 0 Å². The smallest absolute Gasteiger partial charge is 0.184 e. The van der Waals surface area contributed by atoms with Crippen molar-refractivity contribution in [2.45, 2.75) is 5.75 Å². The minimum absolute atomic E-state index is 0.108. The predicted molar refractivity (Wildman–Crippen MR) is 38.0 cm³/mol. The molecule has 4 nitrogen and oxygen atoms in total. The van der Waals surface area contributed by atoms with E-state index in [1.165, 1.54) is 18.5 Å². The fourth-order valence-corrected chi connectivity index (χ4v) is 1.17. The molecule has 0 fully saturated rings. The van der Waals surface area contributed by atoms with Crippen LogP contribution in [0, 0.1) is 5.21 Å². The van der Waals surface area contributed by atoms with Crippen LogP contribution in [-0.2, 0) is 16.8 Å². The maximum atomic E-state index is 10.6. The molecule has 1 aromatic heterocycles. The number of nitrogens with zero attached hydrogens (tertiary/aromatic N) is 1. The molecule has 0 amide bonds. The van der Waals surface area contributed by atoms with E-state index in [1.807, 2.05) is 0 Å². The number of aromatic nitrogens is 1. The van der Waals surface area contributed by atoms with E-state index in [0.29, 0.717) is 10.3 Å². The van der Waals surface area contributed by atoms with Gasteiger partial charge in [0, 0.05) is 17.4 Å². The predicted octanol–water partition coefficient (Wildman–Crippen LogP) is -0.301. The standard InChI is InChI=1S/C6H7NO3S/c8-7-3-1-2-6(4-7)5-11(9)10/h1-4H,5H2,(H,9,10)/p-1. The van der Waals surface area contributed by atoms with Gasteiger partial charge in [0.05, 0.1) is 0 Å². The zero-order valence-electron chi connectivity index (χ0n) is 5.60. The van der Waals surface area contributed by atoms with Crippen molar-refractivity contribution in [2.75, 3.05) is 0 Å². The number of hydrogen-bond donors (Lipinski definition) is 0. The van der Waals surface area contributed by atoms with E-state index in [2.05, 4.69) is 0 Å². The third-order valence-corrected chi connectivity index (χ3v) is 1.69. The van der Waals surface area contributed by atoms with Crippen molar-refractivity contribution in [2.24, 2.45) is 0 Å². The summed E-state index contributed by atoms with van der Waals surface area (Å²) in [6, 6.07) is 3.10. The average Bonchev–Trinajstić information content (AvgIpc) is 1.85. The highest BCUT2D eigenvalue weighted by Crippen LogP contribution is 1.96. The Labute approximate surface area is 66.4 Å². The highest BCUT2D eigenvalue weighted by molar-refractivity contribution is 7.78. The third-order valence-electron chi connectivity index (χ3n) is 1.12. The lowest BCUT2D eigenvalue weighted by atomic mass is 10.3. The molecule has 1 unspecified atom stereocenters. The van der Waals surface area contributed by atoms with Gasteiger partial charge in [-0.3, -0.25) is 4.21 Å². The summed E-state index contributed by atoms with van der Waals surface area (Å²) < 4.78 is 20.9. The molecule has 0 saturated carbocycles. The van der Waals surface area contributed by atoms with Gasteiger partial charge >= 0.3 is 0 Å². The summed E-state index contributed by atoms with van der Waals surface area (Å²) in [4.78, 5) is 0. The van der Waals surface area contributed by atoms with Gasteiger partial charge in [0.2, 0.25) is 0 Å². The summed E-state index contributed by atoms with van der Waals surface area (Å²) in [5, 5.41) is 10.6. The molecule has 0 aromatic carbocycles. The first-order chi connectivity index (χ1) is 5.18. The van der Waals surface area contributed by atoms with E-state index < -0.39 is 11.1 Å². The highest BCUT2D eigenvalue weighted by atomic mass is 32.2. The molecular formula is C6H6NO3S-. The molecule has 0 spiro atoms. The van der Waals surface area contributed by atoms with Crippen LogP contribution in [0.5, 0.6) is 0 Å². The Hall–Kier alpha value is -0.940. The van der Waals surface area contributed by atoms with E-state index in [4.69, 9.17) is 0 Å². The van der Waals surface area contributed by atoms with Crippen LogP contribution in [0.2, 0.25) is 0 Å². The highest BCUT2D eigenvalue weighted by Gasteiger charge is 1.95. The second-order valence-corrected chi connectivity index (χ2v) is 2.92. The zero-order chi connectivity index (χ0) is 8.27. The van der Waals surface area contributed by atoms with Crippen molar-refractivity contribution in [1.29, 1.82) is 0 Å². The molecule has 0 N–H and O–H groups in total. The Morgan fingerprint density at radius 2 is 2.36 bits per heavy atom. The van der Waals surface area contributed by atoms with Crippen LogP contribution in [-0.4, -0.2) is 8.76 Å². The SMILES string of the molecule is O=S([O-])Cc1ccc[n+]([O-])c1. The van der Waals surface area contributed by atoms with Crippen LogP contribution in [0.15, 0.2) is 24.5 Å². The van der Waals surface area contributed by atoms with Gasteiger partial charge in [-0.05, 0) is 6.07 Å². The maximum absolute atomic E-state index is 10.6. The van der Waals surface area contributed by atoms with Crippen molar-refractivity contribution in [1.82, 2.24) is 0 Å². The van der Waals surface area contributed by atoms with Gasteiger partial charge in [0.1, 0.15) is 0 Å². The fraction of sp³-hybridized carbons (Fsp3) is 0.167. The maximum Gasteiger partial charge on any atom is 0.184 e. The molecular weight excluding hydrogens is 166 g/mol. The van der Waals surface area contributed by atoms with Gasteiger partial charge in [-0.1, -0.05) is 11.1 Å². The van der Waals surface area contributed by atoms with E-state index in [9.17, 15) is 14.0 Å². The van der Waals surface area contributed by atoms with Gasteiger partial charge in [0.15, 0.2) is 12.4 Å². The van der Waals surface area contributed by atoms with Crippen LogP contribution >= 0.6 is 0 Å². The summed E-state index contributed by atoms with van der Waals surface area (Å²) in [6.45, 7) is 0. The van der Waals surface area contributed by atoms with Crippen LogP contribution < -0.4 is 4.73 Å². The fourth-order valence-electron chi connectivity index (χ4n) is 0.722. The molecule has 1 aromatic rings. The molecule has 0 aliphatic rings. The lowest BCUT2D eigenvalue weighted by Gasteiger charge is -2.03. The molecule has 1 atom stereocenters. The van der Waals surface area contributed by atoms with E-state index in [0.717, 1.165) is 0 Å². The van der Waals surface area contributed by atoms with Crippen molar-refractivity contribution in [3.8, 4) is 0 Å². The van der Waals surface area contributed by atoms with Crippen molar-refractivity contribution in [3.63, 3.8) is 0 Å². The molecule has 0 saturated heterocycles. The monoisotopic (exact) mass is 172 g/mol. The summed E-state index contributed by atoms with van der Waals surface area (Å²) in [5.41, 5.74) is 0.496. The summed E-state index contributed by atoms with van der Waals surface area (Å²) in [6.07, 6.45) is 2.53. The normalized spacial score (nSPS) is 12.8. The summed E-state index contributed by atoms with van der Waals surface area (Å²) >= 11 is -2.13. The van der Waals surface area contributed by atoms with E-state index in [1.54, 1.807) is 6.07 Å². The molecule has 0 bridgehead atoms. The van der Waals surface area contributed by atoms with Crippen molar-refractivity contribution < 1.29 is 13.5 Å². The second kappa shape index (κ2) is 3.45. The van der Waals surface area contributed by atoms with Gasteiger partial charge < -0.3 is 9.76 Å². The number of hydrogen-bond acceptors (Lipinski definition) is 3. The minimum Gasteiger partial charge on any atom is -0.772 e. The number of pyridine rings is 1. The van der Waals surface area contributed by atoms with Crippen molar-refractivity contribution in [3.05, 3.63) is 35.3 Å². The van der Waals surface area contributed by atoms with Crippen LogP contribution in [0.25, 0.3) is 0 Å². The Morgan fingerprint density at radius 1 is 1.64 bits per heavy atom. The van der Waals surface area contributed by atoms with Gasteiger partial charge in [-0.2, -0.15) is 4.73 Å². The summed E-state index contributed by atoms with van der Waals surface area (Å²) in [5.74, 6) is -0.108. The van der Waals surface area contributed by atoms with Crippen LogP contribution in [0.4, 0.5) is 0 Å². The first-order valence-electron chi connectivity index (χ1n) is 2.92. The topological polar surface area (TPSA) is 67.1 Å². The summed E-state index contributed by atoms with van der Waals surface area (Å²) in [7, 11) is 0. The van der Waals surface area contributed by atoms with E-state index >= 15 is 0 Å². The molecule has 0 aliphatic heterocycles.